The summed E-state index contributed by atoms with van der Waals surface area (Å²) < 4.78 is 13.2. The topological polar surface area (TPSA) is 29.1 Å². The van der Waals surface area contributed by atoms with Gasteiger partial charge in [0.05, 0.1) is 11.6 Å². The molecule has 1 unspecified atom stereocenters. The van der Waals surface area contributed by atoms with Crippen molar-refractivity contribution in [3.05, 3.63) is 34.1 Å². The molecule has 78 valence electrons. The minimum Gasteiger partial charge on any atom is -0.339 e. The lowest BCUT2D eigenvalue weighted by atomic mass is 10.2. The average Bonchev–Trinajstić information content (AvgIpc) is 2.17. The van der Waals surface area contributed by atoms with E-state index in [1.165, 1.54) is 18.2 Å². The molecule has 0 aromatic heterocycles. The third-order valence-corrected chi connectivity index (χ3v) is 2.43. The van der Waals surface area contributed by atoms with Crippen LogP contribution in [0, 0.1) is 18.2 Å². The van der Waals surface area contributed by atoms with Gasteiger partial charge >= 0.3 is 0 Å². The largest absolute Gasteiger partial charge is 0.339 e. The minimum absolute atomic E-state index is 0.327. The molecule has 1 N–H and O–H groups in total. The van der Waals surface area contributed by atoms with Gasteiger partial charge < -0.3 is 5.32 Å². The van der Waals surface area contributed by atoms with E-state index in [4.69, 9.17) is 6.42 Å². The van der Waals surface area contributed by atoms with Crippen LogP contribution in [0.15, 0.2) is 22.7 Å². The summed E-state index contributed by atoms with van der Waals surface area (Å²) in [6, 6.07) is 3.50. The maximum Gasteiger partial charge on any atom is 0.253 e. The van der Waals surface area contributed by atoms with Gasteiger partial charge in [-0.25, -0.2) is 4.39 Å². The normalized spacial score (nSPS) is 11.6. The molecule has 0 aliphatic rings. The fourth-order valence-corrected chi connectivity index (χ4v) is 1.52. The van der Waals surface area contributed by atoms with Gasteiger partial charge in [-0.05, 0) is 41.1 Å². The predicted molar refractivity (Wildman–Crippen MR) is 59.9 cm³/mol. The van der Waals surface area contributed by atoms with Crippen LogP contribution >= 0.6 is 15.9 Å². The van der Waals surface area contributed by atoms with Gasteiger partial charge in [0.1, 0.15) is 5.82 Å². The lowest BCUT2D eigenvalue weighted by Crippen LogP contribution is -2.31. The van der Waals surface area contributed by atoms with E-state index in [-0.39, 0.29) is 11.9 Å². The van der Waals surface area contributed by atoms with E-state index >= 15 is 0 Å². The van der Waals surface area contributed by atoms with E-state index in [2.05, 4.69) is 27.2 Å². The maximum atomic E-state index is 12.7. The summed E-state index contributed by atoms with van der Waals surface area (Å²) in [6.45, 7) is 1.69. The number of nitrogens with one attached hydrogen (secondary N) is 1. The Morgan fingerprint density at radius 1 is 1.67 bits per heavy atom. The minimum atomic E-state index is -0.400. The van der Waals surface area contributed by atoms with Gasteiger partial charge in [-0.1, -0.05) is 5.92 Å². The second-order valence-electron chi connectivity index (χ2n) is 2.99. The quantitative estimate of drug-likeness (QED) is 0.821. The number of terminal acetylenes is 1. The summed E-state index contributed by atoms with van der Waals surface area (Å²) in [5.74, 6) is 1.65. The van der Waals surface area contributed by atoms with Gasteiger partial charge in [0.15, 0.2) is 0 Å². The molecular formula is C11H9BrFNO. The molecule has 0 fully saturated rings. The molecule has 0 spiro atoms. The fraction of sp³-hybridized carbons (Fsp3) is 0.182. The molecule has 1 rings (SSSR count). The number of amides is 1. The Morgan fingerprint density at radius 3 is 2.87 bits per heavy atom. The number of halogens is 2. The van der Waals surface area contributed by atoms with Crippen LogP contribution in [0.5, 0.6) is 0 Å². The molecule has 1 atom stereocenters. The number of hydrogen-bond acceptors (Lipinski definition) is 1. The van der Waals surface area contributed by atoms with Crippen LogP contribution in [0.1, 0.15) is 17.3 Å². The number of benzene rings is 1. The molecule has 0 aliphatic heterocycles. The zero-order valence-electron chi connectivity index (χ0n) is 8.05. The molecule has 0 radical (unpaired) electrons. The first kappa shape index (κ1) is 11.7. The van der Waals surface area contributed by atoms with Gasteiger partial charge in [0.2, 0.25) is 0 Å². The standard InChI is InChI=1S/C11H9BrFNO/c1-3-7(2)14-11(15)9-5-4-8(13)6-10(9)12/h1,4-7H,2H3,(H,14,15). The molecule has 0 saturated heterocycles. The van der Waals surface area contributed by atoms with E-state index in [0.29, 0.717) is 10.0 Å². The maximum absolute atomic E-state index is 12.7. The number of carbonyl (C=O) groups excluding carboxylic acids is 1. The van der Waals surface area contributed by atoms with Crippen molar-refractivity contribution >= 4 is 21.8 Å². The van der Waals surface area contributed by atoms with E-state index in [0.717, 1.165) is 0 Å². The third-order valence-electron chi connectivity index (χ3n) is 1.77. The number of rotatable bonds is 2. The first-order valence-electron chi connectivity index (χ1n) is 4.26. The fourth-order valence-electron chi connectivity index (χ4n) is 0.990. The van der Waals surface area contributed by atoms with Gasteiger partial charge in [0, 0.05) is 4.47 Å². The van der Waals surface area contributed by atoms with Crippen molar-refractivity contribution in [2.75, 3.05) is 0 Å². The monoisotopic (exact) mass is 269 g/mol. The predicted octanol–water partition coefficient (Wildman–Crippen LogP) is 2.34. The summed E-state index contributed by atoms with van der Waals surface area (Å²) in [6.07, 6.45) is 5.12. The van der Waals surface area contributed by atoms with Crippen LogP contribution < -0.4 is 5.32 Å². The number of carbonyl (C=O) groups is 1. The molecule has 0 bridgehead atoms. The van der Waals surface area contributed by atoms with Crippen molar-refractivity contribution in [1.82, 2.24) is 5.32 Å². The summed E-state index contributed by atoms with van der Waals surface area (Å²) in [5.41, 5.74) is 0.360. The Labute approximate surface area is 96.0 Å². The van der Waals surface area contributed by atoms with Crippen molar-refractivity contribution in [2.24, 2.45) is 0 Å². The molecule has 0 aliphatic carbocycles. The third kappa shape index (κ3) is 3.07. The van der Waals surface area contributed by atoms with Crippen LogP contribution in [0.4, 0.5) is 4.39 Å². The average molecular weight is 270 g/mol. The summed E-state index contributed by atoms with van der Waals surface area (Å²) in [5, 5.41) is 2.58. The number of hydrogen-bond donors (Lipinski definition) is 1. The van der Waals surface area contributed by atoms with E-state index < -0.39 is 5.82 Å². The van der Waals surface area contributed by atoms with Crippen molar-refractivity contribution < 1.29 is 9.18 Å². The molecular weight excluding hydrogens is 261 g/mol. The van der Waals surface area contributed by atoms with Gasteiger partial charge in [-0.3, -0.25) is 4.79 Å². The van der Waals surface area contributed by atoms with E-state index in [1.54, 1.807) is 6.92 Å². The van der Waals surface area contributed by atoms with Crippen LogP contribution in [0.3, 0.4) is 0 Å². The van der Waals surface area contributed by atoms with Gasteiger partial charge in [-0.15, -0.1) is 6.42 Å². The van der Waals surface area contributed by atoms with Crippen LogP contribution in [-0.2, 0) is 0 Å². The Hall–Kier alpha value is -1.34. The Balaban J connectivity index is 2.88. The Bertz CT molecular complexity index is 425. The second-order valence-corrected chi connectivity index (χ2v) is 3.84. The summed E-state index contributed by atoms with van der Waals surface area (Å²) in [7, 11) is 0. The lowest BCUT2D eigenvalue weighted by Gasteiger charge is -2.08. The molecule has 2 nitrogen and oxygen atoms in total. The molecule has 0 saturated carbocycles. The molecule has 1 amide bonds. The highest BCUT2D eigenvalue weighted by Gasteiger charge is 2.11. The molecule has 4 heteroatoms. The van der Waals surface area contributed by atoms with E-state index in [1.807, 2.05) is 0 Å². The van der Waals surface area contributed by atoms with Crippen molar-refractivity contribution in [3.63, 3.8) is 0 Å². The molecule has 1 aromatic rings. The highest BCUT2D eigenvalue weighted by molar-refractivity contribution is 9.10. The second kappa shape index (κ2) is 4.94. The zero-order chi connectivity index (χ0) is 11.4. The van der Waals surface area contributed by atoms with E-state index in [9.17, 15) is 9.18 Å². The van der Waals surface area contributed by atoms with Gasteiger partial charge in [-0.2, -0.15) is 0 Å². The Kier molecular flexibility index (Phi) is 3.87. The first-order chi connectivity index (χ1) is 7.04. The first-order valence-corrected chi connectivity index (χ1v) is 5.06. The van der Waals surface area contributed by atoms with Crippen molar-refractivity contribution in [3.8, 4) is 12.3 Å². The smallest absolute Gasteiger partial charge is 0.253 e. The molecule has 1 aromatic carbocycles. The zero-order valence-corrected chi connectivity index (χ0v) is 9.64. The van der Waals surface area contributed by atoms with Crippen LogP contribution in [0.25, 0.3) is 0 Å². The lowest BCUT2D eigenvalue weighted by molar-refractivity contribution is 0.0947. The van der Waals surface area contributed by atoms with Crippen molar-refractivity contribution in [2.45, 2.75) is 13.0 Å². The Morgan fingerprint density at radius 2 is 2.33 bits per heavy atom. The summed E-state index contributed by atoms with van der Waals surface area (Å²) >= 11 is 3.11. The van der Waals surface area contributed by atoms with Crippen molar-refractivity contribution in [1.29, 1.82) is 0 Å². The molecule has 0 heterocycles. The summed E-state index contributed by atoms with van der Waals surface area (Å²) in [4.78, 5) is 11.6. The molecule has 15 heavy (non-hydrogen) atoms. The highest BCUT2D eigenvalue weighted by Crippen LogP contribution is 2.17. The van der Waals surface area contributed by atoms with Crippen LogP contribution in [0.2, 0.25) is 0 Å². The van der Waals surface area contributed by atoms with Crippen LogP contribution in [-0.4, -0.2) is 11.9 Å². The SMILES string of the molecule is C#CC(C)NC(=O)c1ccc(F)cc1Br. The highest BCUT2D eigenvalue weighted by atomic mass is 79.9. The van der Waals surface area contributed by atoms with Gasteiger partial charge in [0.25, 0.3) is 5.91 Å².